The molecule has 1 N–H and O–H groups in total. The van der Waals surface area contributed by atoms with Crippen LogP contribution in [0.4, 0.5) is 11.6 Å². The van der Waals surface area contributed by atoms with Gasteiger partial charge in [0.2, 0.25) is 11.6 Å². The van der Waals surface area contributed by atoms with Gasteiger partial charge in [0.1, 0.15) is 0 Å². The quantitative estimate of drug-likeness (QED) is 0.676. The highest BCUT2D eigenvalue weighted by molar-refractivity contribution is 6.35. The van der Waals surface area contributed by atoms with Gasteiger partial charge < -0.3 is 15.4 Å². The predicted octanol–water partition coefficient (Wildman–Crippen LogP) is 4.12. The number of nitrogens with one attached hydrogen (secondary N) is 1. The zero-order chi connectivity index (χ0) is 15.7. The average Bonchev–Trinajstić information content (AvgIpc) is 2.67. The van der Waals surface area contributed by atoms with Gasteiger partial charge in [-0.25, -0.2) is 0 Å². The number of halogens is 2. The summed E-state index contributed by atoms with van der Waals surface area (Å²) in [6.07, 6.45) is 0. The highest BCUT2D eigenvalue weighted by atomic mass is 35.5. The molecule has 0 amide bonds. The summed E-state index contributed by atoms with van der Waals surface area (Å²) >= 11 is 12.0. The topological polar surface area (TPSA) is 73.0 Å². The molecule has 1 heterocycles. The smallest absolute Gasteiger partial charge is 0.358 e. The van der Waals surface area contributed by atoms with Crippen molar-refractivity contribution in [3.8, 4) is 0 Å². The van der Waals surface area contributed by atoms with Crippen LogP contribution in [0.25, 0.3) is 0 Å². The van der Waals surface area contributed by atoms with Gasteiger partial charge in [-0.15, -0.1) is 0 Å². The molecule has 0 spiro atoms. The lowest BCUT2D eigenvalue weighted by molar-refractivity contribution is -0.388. The standard InChI is InChI=1S/C13H14Cl2N4O2/c1-7(10-5-4-9(14)6-11(10)15)16-12-13(19(20)21)17-8(2)18(12)3/h4-7,16H,1-3H3. The van der Waals surface area contributed by atoms with Crippen molar-refractivity contribution in [2.24, 2.45) is 7.05 Å². The first kappa shape index (κ1) is 15.6. The number of hydrogen-bond acceptors (Lipinski definition) is 4. The summed E-state index contributed by atoms with van der Waals surface area (Å²) < 4.78 is 1.64. The van der Waals surface area contributed by atoms with Crippen LogP contribution in [-0.4, -0.2) is 14.5 Å². The van der Waals surface area contributed by atoms with Crippen molar-refractivity contribution in [3.05, 3.63) is 49.7 Å². The van der Waals surface area contributed by atoms with Crippen LogP contribution >= 0.6 is 23.2 Å². The van der Waals surface area contributed by atoms with Crippen molar-refractivity contribution in [1.82, 2.24) is 9.55 Å². The number of anilines is 1. The molecule has 2 rings (SSSR count). The van der Waals surface area contributed by atoms with Crippen molar-refractivity contribution >= 4 is 34.8 Å². The Morgan fingerprint density at radius 2 is 2.10 bits per heavy atom. The van der Waals surface area contributed by atoms with Crippen LogP contribution in [0.2, 0.25) is 10.0 Å². The minimum Gasteiger partial charge on any atom is -0.358 e. The molecule has 0 radical (unpaired) electrons. The molecule has 2 aromatic rings. The van der Waals surface area contributed by atoms with Crippen LogP contribution in [0.15, 0.2) is 18.2 Å². The highest BCUT2D eigenvalue weighted by Gasteiger charge is 2.25. The second-order valence-corrected chi connectivity index (χ2v) is 5.52. The fourth-order valence-electron chi connectivity index (χ4n) is 2.02. The van der Waals surface area contributed by atoms with Crippen molar-refractivity contribution in [3.63, 3.8) is 0 Å². The molecule has 6 nitrogen and oxygen atoms in total. The van der Waals surface area contributed by atoms with E-state index in [4.69, 9.17) is 23.2 Å². The lowest BCUT2D eigenvalue weighted by Gasteiger charge is -2.16. The van der Waals surface area contributed by atoms with Gasteiger partial charge >= 0.3 is 5.82 Å². The number of aryl methyl sites for hydroxylation is 1. The third kappa shape index (κ3) is 3.11. The van der Waals surface area contributed by atoms with Gasteiger partial charge in [-0.3, -0.25) is 4.57 Å². The maximum Gasteiger partial charge on any atom is 0.406 e. The van der Waals surface area contributed by atoms with E-state index in [0.29, 0.717) is 21.7 Å². The molecular formula is C13H14Cl2N4O2. The summed E-state index contributed by atoms with van der Waals surface area (Å²) in [6, 6.07) is 4.92. The highest BCUT2D eigenvalue weighted by Crippen LogP contribution is 2.31. The van der Waals surface area contributed by atoms with Gasteiger partial charge in [-0.1, -0.05) is 29.3 Å². The fourth-order valence-corrected chi connectivity index (χ4v) is 2.59. The zero-order valence-electron chi connectivity index (χ0n) is 11.7. The summed E-state index contributed by atoms with van der Waals surface area (Å²) in [7, 11) is 1.72. The van der Waals surface area contributed by atoms with E-state index in [2.05, 4.69) is 10.3 Å². The fraction of sp³-hybridized carbons (Fsp3) is 0.308. The van der Waals surface area contributed by atoms with E-state index in [0.717, 1.165) is 5.56 Å². The van der Waals surface area contributed by atoms with Gasteiger partial charge in [-0.2, -0.15) is 0 Å². The second-order valence-electron chi connectivity index (χ2n) is 4.68. The second kappa shape index (κ2) is 5.91. The van der Waals surface area contributed by atoms with E-state index < -0.39 is 4.92 Å². The molecule has 1 aromatic carbocycles. The van der Waals surface area contributed by atoms with E-state index in [1.165, 1.54) is 0 Å². The van der Waals surface area contributed by atoms with Crippen molar-refractivity contribution in [1.29, 1.82) is 0 Å². The van der Waals surface area contributed by atoms with E-state index in [1.54, 1.807) is 36.7 Å². The number of benzene rings is 1. The minimum absolute atomic E-state index is 0.202. The number of hydrogen-bond donors (Lipinski definition) is 1. The molecule has 0 fully saturated rings. The first-order valence-electron chi connectivity index (χ1n) is 6.20. The Morgan fingerprint density at radius 1 is 1.43 bits per heavy atom. The Bertz CT molecular complexity index is 700. The molecular weight excluding hydrogens is 315 g/mol. The van der Waals surface area contributed by atoms with E-state index in [-0.39, 0.29) is 11.9 Å². The summed E-state index contributed by atoms with van der Waals surface area (Å²) in [4.78, 5) is 14.5. The minimum atomic E-state index is -0.508. The third-order valence-corrected chi connectivity index (χ3v) is 3.82. The van der Waals surface area contributed by atoms with E-state index >= 15 is 0 Å². The van der Waals surface area contributed by atoms with Crippen LogP contribution in [0.5, 0.6) is 0 Å². The Kier molecular flexibility index (Phi) is 4.39. The van der Waals surface area contributed by atoms with Crippen LogP contribution in [0.3, 0.4) is 0 Å². The Hall–Kier alpha value is -1.79. The van der Waals surface area contributed by atoms with Crippen LogP contribution in [0.1, 0.15) is 24.4 Å². The molecule has 1 atom stereocenters. The third-order valence-electron chi connectivity index (χ3n) is 3.26. The number of rotatable bonds is 4. The molecule has 0 aliphatic rings. The monoisotopic (exact) mass is 328 g/mol. The Balaban J connectivity index is 2.35. The Morgan fingerprint density at radius 3 is 2.67 bits per heavy atom. The maximum atomic E-state index is 11.1. The SMILES string of the molecule is Cc1nc([N+](=O)[O-])c(NC(C)c2ccc(Cl)cc2Cl)n1C. The van der Waals surface area contributed by atoms with Gasteiger partial charge in [0.15, 0.2) is 0 Å². The largest absolute Gasteiger partial charge is 0.406 e. The summed E-state index contributed by atoms with van der Waals surface area (Å²) in [5, 5.41) is 15.2. The van der Waals surface area contributed by atoms with Gasteiger partial charge in [0.25, 0.3) is 0 Å². The molecule has 1 unspecified atom stereocenters. The van der Waals surface area contributed by atoms with Crippen molar-refractivity contribution < 1.29 is 4.92 Å². The van der Waals surface area contributed by atoms with E-state index in [9.17, 15) is 10.1 Å². The lowest BCUT2D eigenvalue weighted by Crippen LogP contribution is -2.11. The predicted molar refractivity (Wildman–Crippen MR) is 83.1 cm³/mol. The van der Waals surface area contributed by atoms with Gasteiger partial charge in [-0.05, 0) is 34.5 Å². The lowest BCUT2D eigenvalue weighted by atomic mass is 10.1. The molecule has 0 saturated heterocycles. The maximum absolute atomic E-state index is 11.1. The summed E-state index contributed by atoms with van der Waals surface area (Å²) in [6.45, 7) is 3.57. The summed E-state index contributed by atoms with van der Waals surface area (Å²) in [5.74, 6) is 0.696. The van der Waals surface area contributed by atoms with Crippen LogP contribution in [0, 0.1) is 17.0 Å². The molecule has 0 aliphatic heterocycles. The molecule has 0 saturated carbocycles. The first-order chi connectivity index (χ1) is 9.81. The van der Waals surface area contributed by atoms with Gasteiger partial charge in [0.05, 0.1) is 6.04 Å². The van der Waals surface area contributed by atoms with Crippen LogP contribution < -0.4 is 5.32 Å². The summed E-state index contributed by atoms with van der Waals surface area (Å²) in [5.41, 5.74) is 0.800. The first-order valence-corrected chi connectivity index (χ1v) is 6.96. The van der Waals surface area contributed by atoms with Crippen molar-refractivity contribution in [2.45, 2.75) is 19.9 Å². The van der Waals surface area contributed by atoms with E-state index in [1.807, 2.05) is 6.92 Å². The molecule has 1 aromatic heterocycles. The normalized spacial score (nSPS) is 12.2. The molecule has 112 valence electrons. The number of aromatic nitrogens is 2. The number of nitro groups is 1. The number of imidazole rings is 1. The molecule has 0 aliphatic carbocycles. The molecule has 21 heavy (non-hydrogen) atoms. The molecule has 8 heteroatoms. The molecule has 0 bridgehead atoms. The zero-order valence-corrected chi connectivity index (χ0v) is 13.2. The van der Waals surface area contributed by atoms with Crippen LogP contribution in [-0.2, 0) is 7.05 Å². The average molecular weight is 329 g/mol. The number of nitrogens with zero attached hydrogens (tertiary/aromatic N) is 3. The Labute approximate surface area is 131 Å². The van der Waals surface area contributed by atoms with Gasteiger partial charge in [0, 0.05) is 24.0 Å². The van der Waals surface area contributed by atoms with Crippen molar-refractivity contribution in [2.75, 3.05) is 5.32 Å².